The first-order valence-corrected chi connectivity index (χ1v) is 12.1. The van der Waals surface area contributed by atoms with E-state index in [1.807, 2.05) is 42.7 Å². The largest absolute Gasteiger partial charge is 0.435 e. The van der Waals surface area contributed by atoms with E-state index in [0.29, 0.717) is 43.3 Å². The number of alkyl halides is 3. The summed E-state index contributed by atoms with van der Waals surface area (Å²) in [6, 6.07) is 9.86. The van der Waals surface area contributed by atoms with Gasteiger partial charge in [0.25, 0.3) is 0 Å². The molecule has 0 saturated heterocycles. The summed E-state index contributed by atoms with van der Waals surface area (Å²) in [5.41, 5.74) is 2.71. The highest BCUT2D eigenvalue weighted by molar-refractivity contribution is 6.33. The molecule has 1 aromatic heterocycles. The van der Waals surface area contributed by atoms with Crippen LogP contribution < -0.4 is 4.90 Å². The minimum atomic E-state index is -4.59. The molecule has 0 aliphatic carbocycles. The molecule has 0 N–H and O–H groups in total. The van der Waals surface area contributed by atoms with Crippen LogP contribution in [0, 0.1) is 19.7 Å². The number of aryl methyl sites for hydroxylation is 2. The number of nitrogens with zero attached hydrogens (tertiary/aromatic N) is 4. The van der Waals surface area contributed by atoms with Gasteiger partial charge in [0.2, 0.25) is 5.95 Å². The lowest BCUT2D eigenvalue weighted by atomic mass is 10.1. The number of anilines is 2. The van der Waals surface area contributed by atoms with E-state index in [4.69, 9.17) is 11.6 Å². The smallest absolute Gasteiger partial charge is 0.312 e. The Morgan fingerprint density at radius 2 is 1.77 bits per heavy atom. The highest BCUT2D eigenvalue weighted by Crippen LogP contribution is 2.41. The molecule has 0 amide bonds. The molecule has 0 bridgehead atoms. The molecule has 4 nitrogen and oxygen atoms in total. The summed E-state index contributed by atoms with van der Waals surface area (Å²) in [6.45, 7) is 7.91. The molecule has 1 aliphatic heterocycles. The van der Waals surface area contributed by atoms with Crippen molar-refractivity contribution < 1.29 is 17.6 Å². The van der Waals surface area contributed by atoms with E-state index in [1.165, 1.54) is 12.1 Å². The highest BCUT2D eigenvalue weighted by atomic mass is 35.5. The van der Waals surface area contributed by atoms with Gasteiger partial charge in [0.05, 0.1) is 16.4 Å². The lowest BCUT2D eigenvalue weighted by molar-refractivity contribution is -0.141. The van der Waals surface area contributed by atoms with Crippen LogP contribution in [0.1, 0.15) is 47.8 Å². The van der Waals surface area contributed by atoms with Crippen molar-refractivity contribution in [3.63, 3.8) is 0 Å². The molecule has 1 aliphatic rings. The fourth-order valence-corrected chi connectivity index (χ4v) is 5.26. The van der Waals surface area contributed by atoms with E-state index in [-0.39, 0.29) is 24.0 Å². The number of benzene rings is 2. The first-order valence-electron chi connectivity index (χ1n) is 11.8. The van der Waals surface area contributed by atoms with Crippen LogP contribution in [0.25, 0.3) is 0 Å². The Kier molecular flexibility index (Phi) is 7.43. The zero-order chi connectivity index (χ0) is 25.3. The molecule has 35 heavy (non-hydrogen) atoms. The summed E-state index contributed by atoms with van der Waals surface area (Å²) in [5, 5.41) is 0.498. The predicted molar refractivity (Wildman–Crippen MR) is 131 cm³/mol. The van der Waals surface area contributed by atoms with E-state index in [9.17, 15) is 17.6 Å². The second-order valence-electron chi connectivity index (χ2n) is 9.11. The van der Waals surface area contributed by atoms with Crippen LogP contribution in [-0.2, 0) is 25.8 Å². The summed E-state index contributed by atoms with van der Waals surface area (Å²) in [7, 11) is 0. The van der Waals surface area contributed by atoms with Crippen molar-refractivity contribution in [2.45, 2.75) is 59.4 Å². The van der Waals surface area contributed by atoms with Crippen molar-refractivity contribution in [2.75, 3.05) is 18.0 Å². The monoisotopic (exact) mass is 508 g/mol. The minimum Gasteiger partial charge on any atom is -0.312 e. The fourth-order valence-electron chi connectivity index (χ4n) is 4.84. The van der Waals surface area contributed by atoms with Crippen molar-refractivity contribution >= 4 is 23.2 Å². The van der Waals surface area contributed by atoms with Crippen molar-refractivity contribution in [1.82, 2.24) is 14.5 Å². The number of rotatable bonds is 7. The second kappa shape index (κ2) is 10.2. The normalized spacial score (nSPS) is 14.0. The summed E-state index contributed by atoms with van der Waals surface area (Å²) in [4.78, 5) is 7.91. The van der Waals surface area contributed by atoms with Gasteiger partial charge in [-0.25, -0.2) is 9.37 Å². The number of fused-ring (bicyclic) bond motifs is 1. The average molecular weight is 509 g/mol. The van der Waals surface area contributed by atoms with Crippen LogP contribution in [0.15, 0.2) is 36.4 Å². The van der Waals surface area contributed by atoms with Gasteiger partial charge in [-0.2, -0.15) is 13.2 Å². The van der Waals surface area contributed by atoms with Gasteiger partial charge < -0.3 is 9.47 Å². The maximum Gasteiger partial charge on any atom is 0.435 e. The molecule has 188 valence electrons. The quantitative estimate of drug-likeness (QED) is 0.314. The van der Waals surface area contributed by atoms with E-state index < -0.39 is 11.9 Å². The zero-order valence-corrected chi connectivity index (χ0v) is 20.8. The van der Waals surface area contributed by atoms with Gasteiger partial charge in [0, 0.05) is 26.2 Å². The SMILES string of the molecule is CCCN(Cc1ccc(F)cc1)Cc1c(C(F)(F)F)nc2n1CCCN2c1c(C)cc(C)cc1Cl. The van der Waals surface area contributed by atoms with Crippen LogP contribution in [0.4, 0.5) is 29.2 Å². The minimum absolute atomic E-state index is 0.0848. The third kappa shape index (κ3) is 5.48. The van der Waals surface area contributed by atoms with Crippen molar-refractivity contribution in [1.29, 1.82) is 0 Å². The number of aromatic nitrogens is 2. The van der Waals surface area contributed by atoms with E-state index >= 15 is 0 Å². The second-order valence-corrected chi connectivity index (χ2v) is 9.52. The summed E-state index contributed by atoms with van der Waals surface area (Å²) in [5.74, 6) is -0.0733. The van der Waals surface area contributed by atoms with Crippen LogP contribution in [0.3, 0.4) is 0 Å². The Bertz CT molecular complexity index is 1160. The van der Waals surface area contributed by atoms with Crippen molar-refractivity contribution in [3.05, 3.63) is 75.3 Å². The summed E-state index contributed by atoms with van der Waals surface area (Å²) in [6.07, 6.45) is -3.15. The molecule has 2 aromatic carbocycles. The maximum absolute atomic E-state index is 14.2. The maximum atomic E-state index is 14.2. The lowest BCUT2D eigenvalue weighted by Crippen LogP contribution is -2.31. The number of hydrogen-bond donors (Lipinski definition) is 0. The third-order valence-electron chi connectivity index (χ3n) is 6.23. The molecule has 0 spiro atoms. The summed E-state index contributed by atoms with van der Waals surface area (Å²) >= 11 is 6.56. The predicted octanol–water partition coefficient (Wildman–Crippen LogP) is 7.27. The van der Waals surface area contributed by atoms with Gasteiger partial charge in [-0.3, -0.25) is 4.90 Å². The molecular weight excluding hydrogens is 480 g/mol. The van der Waals surface area contributed by atoms with Crippen molar-refractivity contribution in [3.8, 4) is 0 Å². The van der Waals surface area contributed by atoms with Gasteiger partial charge >= 0.3 is 6.18 Å². The Labute approximate surface area is 208 Å². The van der Waals surface area contributed by atoms with Crippen molar-refractivity contribution in [2.24, 2.45) is 0 Å². The molecule has 0 fully saturated rings. The molecule has 0 radical (unpaired) electrons. The van der Waals surface area contributed by atoms with Gasteiger partial charge in [-0.15, -0.1) is 0 Å². The lowest BCUT2D eigenvalue weighted by Gasteiger charge is -2.32. The molecule has 4 rings (SSSR count). The van der Waals surface area contributed by atoms with Crippen LogP contribution >= 0.6 is 11.6 Å². The van der Waals surface area contributed by atoms with Gasteiger partial charge in [0.15, 0.2) is 5.69 Å². The van der Waals surface area contributed by atoms with Crippen LogP contribution in [0.5, 0.6) is 0 Å². The fraction of sp³-hybridized carbons (Fsp3) is 0.423. The van der Waals surface area contributed by atoms with Gasteiger partial charge in [-0.1, -0.05) is 36.7 Å². The standard InChI is InChI=1S/C26H29ClF4N4/c1-4-10-33(15-19-6-8-20(28)9-7-19)16-22-24(26(29,30)31)32-25-34(22)11-5-12-35(25)23-18(3)13-17(2)14-21(23)27/h6-9,13-14H,4-5,10-12,15-16H2,1-3H3. The Morgan fingerprint density at radius 1 is 1.06 bits per heavy atom. The Balaban J connectivity index is 1.75. The Hall–Kier alpha value is -2.58. The van der Waals surface area contributed by atoms with Crippen LogP contribution in [-0.4, -0.2) is 27.5 Å². The number of hydrogen-bond acceptors (Lipinski definition) is 3. The molecular formula is C26H29ClF4N4. The highest BCUT2D eigenvalue weighted by Gasteiger charge is 2.41. The van der Waals surface area contributed by atoms with E-state index in [1.54, 1.807) is 16.7 Å². The first-order chi connectivity index (χ1) is 16.6. The average Bonchev–Trinajstić information content (AvgIpc) is 3.14. The zero-order valence-electron chi connectivity index (χ0n) is 20.1. The number of halogens is 5. The first kappa shape index (κ1) is 25.5. The Morgan fingerprint density at radius 3 is 2.40 bits per heavy atom. The molecule has 0 saturated carbocycles. The van der Waals surface area contributed by atoms with Gasteiger partial charge in [-0.05, 0) is 68.1 Å². The molecule has 9 heteroatoms. The molecule has 2 heterocycles. The summed E-state index contributed by atoms with van der Waals surface area (Å²) < 4.78 is 57.6. The molecule has 0 unspecified atom stereocenters. The van der Waals surface area contributed by atoms with Crippen LogP contribution in [0.2, 0.25) is 5.02 Å². The number of imidazole rings is 1. The van der Waals surface area contributed by atoms with Gasteiger partial charge in [0.1, 0.15) is 5.82 Å². The topological polar surface area (TPSA) is 24.3 Å². The molecule has 3 aromatic rings. The van der Waals surface area contributed by atoms with E-state index in [0.717, 1.165) is 23.1 Å². The van der Waals surface area contributed by atoms with E-state index in [2.05, 4.69) is 4.98 Å². The molecule has 0 atom stereocenters. The third-order valence-corrected chi connectivity index (χ3v) is 6.51.